The van der Waals surface area contributed by atoms with Crippen molar-refractivity contribution in [3.8, 4) is 10.4 Å². The van der Waals surface area contributed by atoms with Gasteiger partial charge in [-0.15, -0.1) is 22.7 Å². The minimum atomic E-state index is -0.359. The Labute approximate surface area is 108 Å². The van der Waals surface area contributed by atoms with Crippen molar-refractivity contribution in [2.45, 2.75) is 13.3 Å². The van der Waals surface area contributed by atoms with Crippen LogP contribution in [0.15, 0.2) is 17.5 Å². The maximum absolute atomic E-state index is 11.8. The fourth-order valence-corrected chi connectivity index (χ4v) is 3.61. The Hall–Kier alpha value is -1.33. The molecule has 0 saturated heterocycles. The molecular weight excluding hydrogens is 254 g/mol. The lowest BCUT2D eigenvalue weighted by molar-refractivity contribution is 0.0603. The van der Waals surface area contributed by atoms with E-state index in [0.717, 1.165) is 21.7 Å². The van der Waals surface area contributed by atoms with Gasteiger partial charge in [-0.2, -0.15) is 0 Å². The van der Waals surface area contributed by atoms with Crippen LogP contribution in [0, 0.1) is 0 Å². The molecule has 0 aliphatic heterocycles. The van der Waals surface area contributed by atoms with Crippen LogP contribution in [0.1, 0.15) is 22.2 Å². The van der Waals surface area contributed by atoms with E-state index in [0.29, 0.717) is 10.6 Å². The average molecular weight is 267 g/mol. The summed E-state index contributed by atoms with van der Waals surface area (Å²) in [7, 11) is 1.38. The third-order valence-corrected chi connectivity index (χ3v) is 4.54. The maximum Gasteiger partial charge on any atom is 0.341 e. The highest BCUT2D eigenvalue weighted by atomic mass is 32.1. The number of anilines is 1. The number of rotatable bonds is 3. The van der Waals surface area contributed by atoms with Gasteiger partial charge in [0.2, 0.25) is 0 Å². The molecule has 0 bridgehead atoms. The second-order valence-corrected chi connectivity index (χ2v) is 5.55. The first-order chi connectivity index (χ1) is 8.19. The molecule has 0 fully saturated rings. The summed E-state index contributed by atoms with van der Waals surface area (Å²) in [4.78, 5) is 14.0. The monoisotopic (exact) mass is 267 g/mol. The molecule has 0 unspecified atom stereocenters. The Morgan fingerprint density at radius 2 is 2.29 bits per heavy atom. The number of ether oxygens (including phenoxy) is 1. The molecule has 2 heterocycles. The second kappa shape index (κ2) is 4.89. The van der Waals surface area contributed by atoms with Gasteiger partial charge < -0.3 is 10.5 Å². The van der Waals surface area contributed by atoms with E-state index < -0.39 is 0 Å². The first kappa shape index (κ1) is 12.1. The molecule has 2 N–H and O–H groups in total. The van der Waals surface area contributed by atoms with E-state index in [1.807, 2.05) is 17.5 Å². The Kier molecular flexibility index (Phi) is 3.49. The van der Waals surface area contributed by atoms with E-state index >= 15 is 0 Å². The Morgan fingerprint density at radius 1 is 1.53 bits per heavy atom. The first-order valence-corrected chi connectivity index (χ1v) is 6.92. The fraction of sp³-hybridized carbons (Fsp3) is 0.250. The summed E-state index contributed by atoms with van der Waals surface area (Å²) < 4.78 is 4.81. The summed E-state index contributed by atoms with van der Waals surface area (Å²) in [6.45, 7) is 2.06. The second-order valence-electron chi connectivity index (χ2n) is 3.46. The lowest BCUT2D eigenvalue weighted by Crippen LogP contribution is -2.04. The van der Waals surface area contributed by atoms with Crippen molar-refractivity contribution in [3.63, 3.8) is 0 Å². The Balaban J connectivity index is 2.66. The average Bonchev–Trinajstić information content (AvgIpc) is 2.94. The van der Waals surface area contributed by atoms with E-state index in [1.165, 1.54) is 18.4 Å². The largest absolute Gasteiger partial charge is 0.465 e. The third-order valence-electron chi connectivity index (χ3n) is 2.49. The van der Waals surface area contributed by atoms with Gasteiger partial charge in [0.1, 0.15) is 10.6 Å². The molecule has 90 valence electrons. The van der Waals surface area contributed by atoms with E-state index in [4.69, 9.17) is 10.5 Å². The molecule has 0 spiro atoms. The predicted molar refractivity (Wildman–Crippen MR) is 72.8 cm³/mol. The van der Waals surface area contributed by atoms with Crippen LogP contribution in [-0.4, -0.2) is 13.1 Å². The molecule has 2 aromatic rings. The molecule has 0 atom stereocenters. The molecule has 2 rings (SSSR count). The van der Waals surface area contributed by atoms with Gasteiger partial charge in [0.25, 0.3) is 0 Å². The minimum Gasteiger partial charge on any atom is -0.465 e. The zero-order chi connectivity index (χ0) is 12.4. The smallest absolute Gasteiger partial charge is 0.341 e. The SMILES string of the molecule is CCc1sc(N)c(C(=O)OC)c1-c1cccs1. The third kappa shape index (κ3) is 2.08. The first-order valence-electron chi connectivity index (χ1n) is 5.22. The van der Waals surface area contributed by atoms with E-state index in [2.05, 4.69) is 6.92 Å². The normalized spacial score (nSPS) is 10.5. The summed E-state index contributed by atoms with van der Waals surface area (Å²) in [6, 6.07) is 3.96. The van der Waals surface area contributed by atoms with Gasteiger partial charge in [-0.25, -0.2) is 4.79 Å². The number of nitrogens with two attached hydrogens (primary N) is 1. The van der Waals surface area contributed by atoms with Crippen molar-refractivity contribution in [2.75, 3.05) is 12.8 Å². The van der Waals surface area contributed by atoms with Crippen molar-refractivity contribution in [1.82, 2.24) is 0 Å². The zero-order valence-corrected chi connectivity index (χ0v) is 11.3. The van der Waals surface area contributed by atoms with Crippen LogP contribution in [0.3, 0.4) is 0 Å². The van der Waals surface area contributed by atoms with Crippen molar-refractivity contribution in [3.05, 3.63) is 28.0 Å². The number of thiophene rings is 2. The highest BCUT2D eigenvalue weighted by Gasteiger charge is 2.23. The van der Waals surface area contributed by atoms with Gasteiger partial charge in [-0.3, -0.25) is 0 Å². The molecule has 2 aromatic heterocycles. The number of aryl methyl sites for hydroxylation is 1. The van der Waals surface area contributed by atoms with Crippen molar-refractivity contribution in [1.29, 1.82) is 0 Å². The van der Waals surface area contributed by atoms with Crippen LogP contribution in [-0.2, 0) is 11.2 Å². The molecule has 5 heteroatoms. The van der Waals surface area contributed by atoms with Gasteiger partial charge in [-0.1, -0.05) is 13.0 Å². The van der Waals surface area contributed by atoms with Crippen LogP contribution in [0.5, 0.6) is 0 Å². The number of hydrogen-bond acceptors (Lipinski definition) is 5. The maximum atomic E-state index is 11.8. The highest BCUT2D eigenvalue weighted by Crippen LogP contribution is 2.41. The van der Waals surface area contributed by atoms with Gasteiger partial charge in [0.15, 0.2) is 0 Å². The molecule has 0 aromatic carbocycles. The van der Waals surface area contributed by atoms with Crippen LogP contribution in [0.25, 0.3) is 10.4 Å². The number of nitrogen functional groups attached to an aromatic ring is 1. The summed E-state index contributed by atoms with van der Waals surface area (Å²) >= 11 is 3.07. The quantitative estimate of drug-likeness (QED) is 0.867. The van der Waals surface area contributed by atoms with Crippen LogP contribution < -0.4 is 5.73 Å². The summed E-state index contributed by atoms with van der Waals surface area (Å²) in [5, 5.41) is 2.53. The van der Waals surface area contributed by atoms with Crippen LogP contribution in [0.2, 0.25) is 0 Å². The molecular formula is C12H13NO2S2. The summed E-state index contributed by atoms with van der Waals surface area (Å²) in [5.41, 5.74) is 7.38. The Bertz CT molecular complexity index is 529. The van der Waals surface area contributed by atoms with Gasteiger partial charge >= 0.3 is 5.97 Å². The molecule has 0 radical (unpaired) electrons. The van der Waals surface area contributed by atoms with Gasteiger partial charge in [0.05, 0.1) is 7.11 Å². The van der Waals surface area contributed by atoms with Crippen LogP contribution >= 0.6 is 22.7 Å². The standard InChI is InChI=1S/C12H13NO2S2/c1-3-7-9(8-5-4-6-16-8)10(11(13)17-7)12(14)15-2/h4-6H,3,13H2,1-2H3. The number of hydrogen-bond donors (Lipinski definition) is 1. The highest BCUT2D eigenvalue weighted by molar-refractivity contribution is 7.18. The molecule has 17 heavy (non-hydrogen) atoms. The summed E-state index contributed by atoms with van der Waals surface area (Å²) in [6.07, 6.45) is 0.860. The van der Waals surface area contributed by atoms with E-state index in [-0.39, 0.29) is 5.97 Å². The van der Waals surface area contributed by atoms with E-state index in [1.54, 1.807) is 11.3 Å². The lowest BCUT2D eigenvalue weighted by Gasteiger charge is -2.03. The predicted octanol–water partition coefficient (Wildman–Crippen LogP) is 3.41. The zero-order valence-electron chi connectivity index (χ0n) is 9.65. The molecule has 3 nitrogen and oxygen atoms in total. The molecule has 0 amide bonds. The van der Waals surface area contributed by atoms with Gasteiger partial charge in [0, 0.05) is 15.3 Å². The van der Waals surface area contributed by atoms with Crippen LogP contribution in [0.4, 0.5) is 5.00 Å². The number of carbonyl (C=O) groups excluding carboxylic acids is 1. The fourth-order valence-electron chi connectivity index (χ4n) is 1.73. The Morgan fingerprint density at radius 3 is 2.82 bits per heavy atom. The number of esters is 1. The lowest BCUT2D eigenvalue weighted by atomic mass is 10.1. The number of methoxy groups -OCH3 is 1. The van der Waals surface area contributed by atoms with Crippen molar-refractivity contribution < 1.29 is 9.53 Å². The van der Waals surface area contributed by atoms with Gasteiger partial charge in [-0.05, 0) is 17.9 Å². The minimum absolute atomic E-state index is 0.359. The summed E-state index contributed by atoms with van der Waals surface area (Å²) in [5.74, 6) is -0.359. The van der Waals surface area contributed by atoms with E-state index in [9.17, 15) is 4.79 Å². The molecule has 0 aliphatic carbocycles. The molecule has 0 aliphatic rings. The van der Waals surface area contributed by atoms with Crippen molar-refractivity contribution >= 4 is 33.6 Å². The topological polar surface area (TPSA) is 52.3 Å². The number of carbonyl (C=O) groups is 1. The molecule has 0 saturated carbocycles. The van der Waals surface area contributed by atoms with Crippen molar-refractivity contribution in [2.24, 2.45) is 0 Å².